The van der Waals surface area contributed by atoms with Gasteiger partial charge in [0, 0.05) is 16.3 Å². The summed E-state index contributed by atoms with van der Waals surface area (Å²) >= 11 is 1.81. The van der Waals surface area contributed by atoms with E-state index in [0.717, 1.165) is 6.54 Å². The number of fused-ring (bicyclic) bond motifs is 5. The van der Waals surface area contributed by atoms with E-state index in [9.17, 15) is 0 Å². The molecular formula is C20H14NS+. The molecule has 5 rings (SSSR count). The van der Waals surface area contributed by atoms with Gasteiger partial charge in [-0.1, -0.05) is 36.4 Å². The molecule has 0 saturated heterocycles. The lowest BCUT2D eigenvalue weighted by molar-refractivity contribution is -0.670. The molecule has 0 unspecified atom stereocenters. The molecule has 0 bridgehead atoms. The lowest BCUT2D eigenvalue weighted by Crippen LogP contribution is -2.31. The summed E-state index contributed by atoms with van der Waals surface area (Å²) in [7, 11) is 0. The first-order valence-electron chi connectivity index (χ1n) is 7.48. The fourth-order valence-corrected chi connectivity index (χ4v) is 4.20. The van der Waals surface area contributed by atoms with Gasteiger partial charge in [0.1, 0.15) is 0 Å². The number of nitrogens with zero attached hydrogens (tertiary/aromatic N) is 1. The van der Waals surface area contributed by atoms with Crippen LogP contribution in [-0.4, -0.2) is 0 Å². The minimum atomic E-state index is 0.969. The molecule has 2 heteroatoms. The summed E-state index contributed by atoms with van der Waals surface area (Å²) in [4.78, 5) is 0. The van der Waals surface area contributed by atoms with Gasteiger partial charge < -0.3 is 0 Å². The van der Waals surface area contributed by atoms with Crippen molar-refractivity contribution in [1.82, 2.24) is 0 Å². The van der Waals surface area contributed by atoms with E-state index in [1.165, 1.54) is 38.0 Å². The van der Waals surface area contributed by atoms with Crippen LogP contribution in [0, 0.1) is 0 Å². The summed E-state index contributed by atoms with van der Waals surface area (Å²) in [6.45, 7) is 0.969. The minimum absolute atomic E-state index is 0.969. The predicted octanol–water partition coefficient (Wildman–Crippen LogP) is 4.88. The smallest absolute Gasteiger partial charge is 0.193 e. The van der Waals surface area contributed by atoms with E-state index in [1.54, 1.807) is 0 Å². The highest BCUT2D eigenvalue weighted by Gasteiger charge is 2.28. The summed E-state index contributed by atoms with van der Waals surface area (Å²) in [5.41, 5.74) is 6.75. The maximum Gasteiger partial charge on any atom is 0.222 e. The molecule has 22 heavy (non-hydrogen) atoms. The highest BCUT2D eigenvalue weighted by molar-refractivity contribution is 7.17. The Morgan fingerprint density at radius 1 is 0.864 bits per heavy atom. The number of thiophene rings is 1. The number of aromatic nitrogens is 1. The second kappa shape index (κ2) is 4.52. The summed E-state index contributed by atoms with van der Waals surface area (Å²) in [5.74, 6) is 0. The number of hydrogen-bond donors (Lipinski definition) is 0. The molecule has 0 fully saturated rings. The van der Waals surface area contributed by atoms with Crippen molar-refractivity contribution >= 4 is 21.4 Å². The van der Waals surface area contributed by atoms with Gasteiger partial charge in [-0.15, -0.1) is 11.3 Å². The zero-order valence-electron chi connectivity index (χ0n) is 12.0. The van der Waals surface area contributed by atoms with E-state index < -0.39 is 0 Å². The van der Waals surface area contributed by atoms with Crippen molar-refractivity contribution in [3.63, 3.8) is 0 Å². The molecule has 0 aliphatic carbocycles. The molecule has 1 aliphatic heterocycles. The van der Waals surface area contributed by atoms with E-state index in [2.05, 4.69) is 76.8 Å². The van der Waals surface area contributed by atoms with Crippen LogP contribution in [0.3, 0.4) is 0 Å². The first kappa shape index (κ1) is 12.1. The number of rotatable bonds is 1. The van der Waals surface area contributed by atoms with Gasteiger partial charge in [0.05, 0.1) is 10.9 Å². The Morgan fingerprint density at radius 2 is 1.77 bits per heavy atom. The molecule has 2 aromatic heterocycles. The predicted molar refractivity (Wildman–Crippen MR) is 92.0 cm³/mol. The second-order valence-electron chi connectivity index (χ2n) is 5.73. The van der Waals surface area contributed by atoms with Crippen molar-refractivity contribution in [2.75, 3.05) is 0 Å². The summed E-state index contributed by atoms with van der Waals surface area (Å²) in [5, 5.41) is 3.56. The third-order valence-electron chi connectivity index (χ3n) is 4.45. The largest absolute Gasteiger partial charge is 0.222 e. The number of hydrogen-bond acceptors (Lipinski definition) is 1. The van der Waals surface area contributed by atoms with E-state index in [4.69, 9.17) is 0 Å². The van der Waals surface area contributed by atoms with Gasteiger partial charge >= 0.3 is 0 Å². The highest BCUT2D eigenvalue weighted by Crippen LogP contribution is 2.36. The Morgan fingerprint density at radius 3 is 2.68 bits per heavy atom. The van der Waals surface area contributed by atoms with Crippen LogP contribution in [-0.2, 0) is 6.54 Å². The normalized spacial score (nSPS) is 12.4. The van der Waals surface area contributed by atoms with Crippen LogP contribution in [0.1, 0.15) is 5.56 Å². The molecule has 0 atom stereocenters. The quantitative estimate of drug-likeness (QED) is 0.388. The van der Waals surface area contributed by atoms with Crippen molar-refractivity contribution in [3.05, 3.63) is 77.8 Å². The summed E-state index contributed by atoms with van der Waals surface area (Å²) < 4.78 is 3.74. The third-order valence-corrected chi connectivity index (χ3v) is 5.33. The molecule has 0 amide bonds. The highest BCUT2D eigenvalue weighted by atomic mass is 32.1. The lowest BCUT2D eigenvalue weighted by Gasteiger charge is -2.03. The molecule has 0 spiro atoms. The van der Waals surface area contributed by atoms with Crippen molar-refractivity contribution in [1.29, 1.82) is 0 Å². The van der Waals surface area contributed by atoms with Gasteiger partial charge in [-0.2, -0.15) is 4.57 Å². The second-order valence-corrected chi connectivity index (χ2v) is 6.68. The van der Waals surface area contributed by atoms with Crippen LogP contribution in [0.15, 0.2) is 72.2 Å². The van der Waals surface area contributed by atoms with Gasteiger partial charge in [0.15, 0.2) is 12.7 Å². The Balaban J connectivity index is 1.72. The first-order chi connectivity index (χ1) is 10.9. The molecule has 1 nitrogen and oxygen atoms in total. The number of benzene rings is 2. The van der Waals surface area contributed by atoms with Crippen LogP contribution in [0.2, 0.25) is 0 Å². The average molecular weight is 300 g/mol. The van der Waals surface area contributed by atoms with Gasteiger partial charge in [-0.05, 0) is 34.7 Å². The fraction of sp³-hybridized carbons (Fsp3) is 0.0500. The molecule has 0 saturated carbocycles. The van der Waals surface area contributed by atoms with Gasteiger partial charge in [-0.25, -0.2) is 0 Å². The zero-order chi connectivity index (χ0) is 14.5. The molecule has 2 aromatic carbocycles. The Bertz CT molecular complexity index is 999. The molecule has 4 aromatic rings. The fourth-order valence-electron chi connectivity index (χ4n) is 3.41. The average Bonchev–Trinajstić information content (AvgIpc) is 3.18. The van der Waals surface area contributed by atoms with Crippen molar-refractivity contribution < 1.29 is 4.57 Å². The van der Waals surface area contributed by atoms with Gasteiger partial charge in [0.25, 0.3) is 0 Å². The van der Waals surface area contributed by atoms with Gasteiger partial charge in [-0.3, -0.25) is 0 Å². The van der Waals surface area contributed by atoms with E-state index in [-0.39, 0.29) is 0 Å². The first-order valence-corrected chi connectivity index (χ1v) is 8.36. The molecule has 104 valence electrons. The van der Waals surface area contributed by atoms with Crippen LogP contribution in [0.25, 0.3) is 32.5 Å². The molecular weight excluding hydrogens is 286 g/mol. The molecule has 1 aliphatic rings. The maximum atomic E-state index is 2.37. The molecule has 3 heterocycles. The Labute approximate surface area is 133 Å². The SMILES string of the molecule is c1ccc(-c2ccc3c(c2)C[n+]2ccc4sccc4c2-3)cc1. The molecule has 0 radical (unpaired) electrons. The topological polar surface area (TPSA) is 3.88 Å². The van der Waals surface area contributed by atoms with E-state index in [1.807, 2.05) is 11.3 Å². The van der Waals surface area contributed by atoms with Crippen LogP contribution in [0.4, 0.5) is 0 Å². The Hall–Kier alpha value is -2.45. The number of pyridine rings is 1. The monoisotopic (exact) mass is 300 g/mol. The zero-order valence-corrected chi connectivity index (χ0v) is 12.8. The molecule has 0 N–H and O–H groups in total. The van der Waals surface area contributed by atoms with E-state index >= 15 is 0 Å². The minimum Gasteiger partial charge on any atom is -0.193 e. The Kier molecular flexibility index (Phi) is 2.49. The summed E-state index contributed by atoms with van der Waals surface area (Å²) in [6.07, 6.45) is 2.22. The van der Waals surface area contributed by atoms with Gasteiger partial charge in [0.2, 0.25) is 5.69 Å². The van der Waals surface area contributed by atoms with Crippen molar-refractivity contribution in [3.8, 4) is 22.4 Å². The van der Waals surface area contributed by atoms with Crippen LogP contribution >= 0.6 is 11.3 Å². The lowest BCUT2D eigenvalue weighted by atomic mass is 9.98. The van der Waals surface area contributed by atoms with Crippen molar-refractivity contribution in [2.45, 2.75) is 6.54 Å². The summed E-state index contributed by atoms with van der Waals surface area (Å²) in [6, 6.07) is 22.0. The van der Waals surface area contributed by atoms with Crippen LogP contribution < -0.4 is 4.57 Å². The standard InChI is InChI=1S/C20H14NS/c1-2-4-14(5-3-1)15-6-7-17-16(12-15)13-21-10-8-19-18(20(17)21)9-11-22-19/h1-12H,13H2/q+1. The maximum absolute atomic E-state index is 2.37. The third kappa shape index (κ3) is 1.68. The van der Waals surface area contributed by atoms with E-state index in [0.29, 0.717) is 0 Å². The van der Waals surface area contributed by atoms with Crippen LogP contribution in [0.5, 0.6) is 0 Å². The van der Waals surface area contributed by atoms with Crippen molar-refractivity contribution in [2.24, 2.45) is 0 Å².